The van der Waals surface area contributed by atoms with Crippen LogP contribution >= 0.6 is 0 Å². The van der Waals surface area contributed by atoms with E-state index in [2.05, 4.69) is 19.1 Å². The topological polar surface area (TPSA) is 26.3 Å². The molecule has 0 atom stereocenters. The Labute approximate surface area is 151 Å². The third-order valence-corrected chi connectivity index (χ3v) is 5.36. The minimum atomic E-state index is -0.295. The summed E-state index contributed by atoms with van der Waals surface area (Å²) in [5, 5.41) is 0. The van der Waals surface area contributed by atoms with Gasteiger partial charge in [0, 0.05) is 0 Å². The highest BCUT2D eigenvalue weighted by molar-refractivity contribution is 5.91. The molecule has 0 amide bonds. The minimum absolute atomic E-state index is 0.295. The SMILES string of the molecule is CCC[C@H]1CC[C@H](c2ccc(OC(=O)c3cccc(C)c3)cc2)CC1. The van der Waals surface area contributed by atoms with Crippen LogP contribution in [-0.2, 0) is 0 Å². The van der Waals surface area contributed by atoms with Crippen LogP contribution in [0.2, 0.25) is 0 Å². The van der Waals surface area contributed by atoms with Gasteiger partial charge < -0.3 is 4.74 Å². The van der Waals surface area contributed by atoms with Gasteiger partial charge in [0.2, 0.25) is 0 Å². The zero-order valence-corrected chi connectivity index (χ0v) is 15.3. The van der Waals surface area contributed by atoms with Crippen molar-refractivity contribution in [2.24, 2.45) is 5.92 Å². The molecule has 25 heavy (non-hydrogen) atoms. The molecule has 1 aliphatic carbocycles. The van der Waals surface area contributed by atoms with Crippen molar-refractivity contribution in [1.29, 1.82) is 0 Å². The Morgan fingerprint density at radius 2 is 1.76 bits per heavy atom. The van der Waals surface area contributed by atoms with Gasteiger partial charge in [-0.05, 0) is 74.3 Å². The summed E-state index contributed by atoms with van der Waals surface area (Å²) in [6.45, 7) is 4.25. The molecule has 0 unspecified atom stereocenters. The van der Waals surface area contributed by atoms with Crippen LogP contribution in [0, 0.1) is 12.8 Å². The predicted molar refractivity (Wildman–Crippen MR) is 102 cm³/mol. The molecule has 0 bridgehead atoms. The van der Waals surface area contributed by atoms with Crippen molar-refractivity contribution in [3.05, 3.63) is 65.2 Å². The quantitative estimate of drug-likeness (QED) is 0.474. The molecule has 1 fully saturated rings. The van der Waals surface area contributed by atoms with Crippen molar-refractivity contribution in [2.45, 2.75) is 58.3 Å². The van der Waals surface area contributed by atoms with Gasteiger partial charge in [-0.3, -0.25) is 0 Å². The van der Waals surface area contributed by atoms with Gasteiger partial charge in [0.15, 0.2) is 0 Å². The van der Waals surface area contributed by atoms with Crippen molar-refractivity contribution >= 4 is 5.97 Å². The normalized spacial score (nSPS) is 20.2. The van der Waals surface area contributed by atoms with E-state index in [9.17, 15) is 4.79 Å². The lowest BCUT2D eigenvalue weighted by molar-refractivity contribution is 0.0734. The molecule has 0 heterocycles. The summed E-state index contributed by atoms with van der Waals surface area (Å²) in [4.78, 5) is 12.2. The van der Waals surface area contributed by atoms with E-state index in [1.807, 2.05) is 37.3 Å². The van der Waals surface area contributed by atoms with Crippen LogP contribution in [0.15, 0.2) is 48.5 Å². The fourth-order valence-electron chi connectivity index (χ4n) is 3.94. The lowest BCUT2D eigenvalue weighted by atomic mass is 9.77. The van der Waals surface area contributed by atoms with E-state index in [-0.39, 0.29) is 5.97 Å². The average Bonchev–Trinajstić information content (AvgIpc) is 2.63. The first-order valence-electron chi connectivity index (χ1n) is 9.54. The smallest absolute Gasteiger partial charge is 0.343 e. The maximum Gasteiger partial charge on any atom is 0.343 e. The maximum absolute atomic E-state index is 12.2. The fraction of sp³-hybridized carbons (Fsp3) is 0.435. The summed E-state index contributed by atoms with van der Waals surface area (Å²) >= 11 is 0. The van der Waals surface area contributed by atoms with Gasteiger partial charge >= 0.3 is 5.97 Å². The molecule has 1 aliphatic rings. The zero-order chi connectivity index (χ0) is 17.6. The van der Waals surface area contributed by atoms with Gasteiger partial charge in [-0.25, -0.2) is 4.79 Å². The number of esters is 1. The molecule has 0 spiro atoms. The molecule has 132 valence electrons. The molecule has 0 aliphatic heterocycles. The summed E-state index contributed by atoms with van der Waals surface area (Å²) in [6.07, 6.45) is 7.95. The molecule has 1 saturated carbocycles. The standard InChI is InChI=1S/C23H28O2/c1-3-5-18-8-10-19(11-9-18)20-12-14-22(15-13-20)25-23(24)21-7-4-6-17(2)16-21/h4,6-7,12-16,18-19H,3,5,8-11H2,1-2H3/t18-,19-. The molecular formula is C23H28O2. The van der Waals surface area contributed by atoms with Crippen molar-refractivity contribution in [3.63, 3.8) is 0 Å². The highest BCUT2D eigenvalue weighted by Gasteiger charge is 2.21. The van der Waals surface area contributed by atoms with Crippen molar-refractivity contribution in [2.75, 3.05) is 0 Å². The van der Waals surface area contributed by atoms with Crippen LogP contribution < -0.4 is 4.74 Å². The Morgan fingerprint density at radius 3 is 2.40 bits per heavy atom. The van der Waals surface area contributed by atoms with E-state index in [1.165, 1.54) is 44.1 Å². The number of carbonyl (C=O) groups is 1. The Kier molecular flexibility index (Phi) is 5.91. The molecule has 0 saturated heterocycles. The summed E-state index contributed by atoms with van der Waals surface area (Å²) in [7, 11) is 0. The van der Waals surface area contributed by atoms with Gasteiger partial charge in [-0.15, -0.1) is 0 Å². The van der Waals surface area contributed by atoms with Gasteiger partial charge in [0.1, 0.15) is 5.75 Å². The van der Waals surface area contributed by atoms with Crippen molar-refractivity contribution in [3.8, 4) is 5.75 Å². The lowest BCUT2D eigenvalue weighted by Crippen LogP contribution is -2.13. The first kappa shape index (κ1) is 17.7. The minimum Gasteiger partial charge on any atom is -0.423 e. The number of hydrogen-bond acceptors (Lipinski definition) is 2. The molecule has 2 aromatic carbocycles. The van der Waals surface area contributed by atoms with E-state index in [0.717, 1.165) is 11.5 Å². The van der Waals surface area contributed by atoms with E-state index < -0.39 is 0 Å². The van der Waals surface area contributed by atoms with Crippen LogP contribution in [-0.4, -0.2) is 5.97 Å². The zero-order valence-electron chi connectivity index (χ0n) is 15.3. The molecule has 2 heteroatoms. The number of benzene rings is 2. The largest absolute Gasteiger partial charge is 0.423 e. The van der Waals surface area contributed by atoms with E-state index >= 15 is 0 Å². The van der Waals surface area contributed by atoms with Gasteiger partial charge in [-0.1, -0.05) is 49.6 Å². The third-order valence-electron chi connectivity index (χ3n) is 5.36. The first-order valence-corrected chi connectivity index (χ1v) is 9.54. The monoisotopic (exact) mass is 336 g/mol. The summed E-state index contributed by atoms with van der Waals surface area (Å²) in [6, 6.07) is 15.6. The second kappa shape index (κ2) is 8.33. The highest BCUT2D eigenvalue weighted by atomic mass is 16.5. The second-order valence-electron chi connectivity index (χ2n) is 7.33. The highest BCUT2D eigenvalue weighted by Crippen LogP contribution is 2.37. The van der Waals surface area contributed by atoms with E-state index in [1.54, 1.807) is 6.07 Å². The molecule has 2 aromatic rings. The summed E-state index contributed by atoms with van der Waals surface area (Å²) in [5.41, 5.74) is 3.03. The third kappa shape index (κ3) is 4.72. The molecule has 2 nitrogen and oxygen atoms in total. The van der Waals surface area contributed by atoms with Crippen molar-refractivity contribution < 1.29 is 9.53 Å². The second-order valence-corrected chi connectivity index (χ2v) is 7.33. The maximum atomic E-state index is 12.2. The molecule has 3 rings (SSSR count). The van der Waals surface area contributed by atoms with Crippen LogP contribution in [0.3, 0.4) is 0 Å². The van der Waals surface area contributed by atoms with Gasteiger partial charge in [-0.2, -0.15) is 0 Å². The average molecular weight is 336 g/mol. The van der Waals surface area contributed by atoms with Crippen LogP contribution in [0.25, 0.3) is 0 Å². The Morgan fingerprint density at radius 1 is 1.04 bits per heavy atom. The summed E-state index contributed by atoms with van der Waals surface area (Å²) < 4.78 is 5.51. The first-order chi connectivity index (χ1) is 12.2. The molecular weight excluding hydrogens is 308 g/mol. The van der Waals surface area contributed by atoms with Gasteiger partial charge in [0.05, 0.1) is 5.56 Å². The van der Waals surface area contributed by atoms with Gasteiger partial charge in [0.25, 0.3) is 0 Å². The number of ether oxygens (including phenoxy) is 1. The Balaban J connectivity index is 1.58. The lowest BCUT2D eigenvalue weighted by Gasteiger charge is -2.28. The van der Waals surface area contributed by atoms with Crippen LogP contribution in [0.4, 0.5) is 0 Å². The molecule has 0 aromatic heterocycles. The van der Waals surface area contributed by atoms with E-state index in [4.69, 9.17) is 4.74 Å². The molecule has 0 N–H and O–H groups in total. The van der Waals surface area contributed by atoms with E-state index in [0.29, 0.717) is 17.2 Å². The summed E-state index contributed by atoms with van der Waals surface area (Å²) in [5.74, 6) is 1.91. The predicted octanol–water partition coefficient (Wildman–Crippen LogP) is 6.29. The number of hydrogen-bond donors (Lipinski definition) is 0. The number of aryl methyl sites for hydroxylation is 1. The van der Waals surface area contributed by atoms with Crippen LogP contribution in [0.5, 0.6) is 5.75 Å². The number of carbonyl (C=O) groups excluding carboxylic acids is 1. The Bertz CT molecular complexity index is 694. The fourth-order valence-corrected chi connectivity index (χ4v) is 3.94. The molecule has 0 radical (unpaired) electrons. The number of rotatable bonds is 5. The van der Waals surface area contributed by atoms with Crippen molar-refractivity contribution in [1.82, 2.24) is 0 Å². The Hall–Kier alpha value is -2.09. The van der Waals surface area contributed by atoms with Crippen LogP contribution in [0.1, 0.15) is 72.9 Å².